The molecule has 1 N–H and O–H groups in total. The van der Waals surface area contributed by atoms with Crippen LogP contribution >= 0.6 is 0 Å². The van der Waals surface area contributed by atoms with E-state index in [1.165, 1.54) is 11.1 Å². The summed E-state index contributed by atoms with van der Waals surface area (Å²) < 4.78 is 1.55. The smallest absolute Gasteiger partial charge is 0.273 e. The number of anilines is 1. The number of nitrogens with one attached hydrogen (secondary N) is 1. The first kappa shape index (κ1) is 14.0. The maximum atomic E-state index is 12.1. The predicted octanol–water partition coefficient (Wildman–Crippen LogP) is 2.66. The number of amides is 1. The highest BCUT2D eigenvalue weighted by Crippen LogP contribution is 2.14. The van der Waals surface area contributed by atoms with E-state index in [2.05, 4.69) is 15.4 Å². The topological polar surface area (TPSA) is 59.8 Å². The molecule has 0 fully saturated rings. The van der Waals surface area contributed by atoms with Crippen molar-refractivity contribution in [2.24, 2.45) is 7.05 Å². The van der Waals surface area contributed by atoms with Gasteiger partial charge in [0.25, 0.3) is 5.91 Å². The van der Waals surface area contributed by atoms with Crippen LogP contribution in [0.1, 0.15) is 21.6 Å². The SMILES string of the molecule is Cn1nccc1C(=O)Nc1ccc(Cc2ccncc2)cc1. The summed E-state index contributed by atoms with van der Waals surface area (Å²) in [6.45, 7) is 0. The first-order valence-electron chi connectivity index (χ1n) is 6.99. The van der Waals surface area contributed by atoms with Crippen molar-refractivity contribution in [1.29, 1.82) is 0 Å². The summed E-state index contributed by atoms with van der Waals surface area (Å²) in [6.07, 6.45) is 6.03. The standard InChI is InChI=1S/C17H16N4O/c1-21-16(8-11-19-21)17(22)20-15-4-2-13(3-5-15)12-14-6-9-18-10-7-14/h2-11H,12H2,1H3,(H,20,22). The van der Waals surface area contributed by atoms with Crippen molar-refractivity contribution in [1.82, 2.24) is 14.8 Å². The van der Waals surface area contributed by atoms with Gasteiger partial charge >= 0.3 is 0 Å². The first-order valence-corrected chi connectivity index (χ1v) is 6.99. The Morgan fingerprint density at radius 3 is 2.32 bits per heavy atom. The number of hydrogen-bond donors (Lipinski definition) is 1. The number of pyridine rings is 1. The Bertz CT molecular complexity index is 763. The second-order valence-corrected chi connectivity index (χ2v) is 5.02. The zero-order valence-electron chi connectivity index (χ0n) is 12.2. The zero-order valence-corrected chi connectivity index (χ0v) is 12.2. The van der Waals surface area contributed by atoms with Gasteiger partial charge in [0.05, 0.1) is 0 Å². The minimum atomic E-state index is -0.165. The Hall–Kier alpha value is -2.95. The van der Waals surface area contributed by atoms with Gasteiger partial charge in [-0.1, -0.05) is 12.1 Å². The molecule has 110 valence electrons. The molecule has 0 aliphatic carbocycles. The van der Waals surface area contributed by atoms with Crippen molar-refractivity contribution in [3.05, 3.63) is 77.9 Å². The lowest BCUT2D eigenvalue weighted by atomic mass is 10.1. The number of nitrogens with zero attached hydrogens (tertiary/aromatic N) is 3. The van der Waals surface area contributed by atoms with Gasteiger partial charge in [-0.2, -0.15) is 5.10 Å². The van der Waals surface area contributed by atoms with Gasteiger partial charge in [0.15, 0.2) is 0 Å². The molecule has 0 bridgehead atoms. The van der Waals surface area contributed by atoms with Crippen molar-refractivity contribution >= 4 is 11.6 Å². The average Bonchev–Trinajstić information content (AvgIpc) is 2.96. The van der Waals surface area contributed by atoms with E-state index in [0.29, 0.717) is 5.69 Å². The summed E-state index contributed by atoms with van der Waals surface area (Å²) in [5.41, 5.74) is 3.69. The molecule has 0 saturated carbocycles. The Balaban J connectivity index is 1.67. The lowest BCUT2D eigenvalue weighted by Crippen LogP contribution is -2.16. The Labute approximate surface area is 128 Å². The lowest BCUT2D eigenvalue weighted by Gasteiger charge is -2.07. The molecular formula is C17H16N4O. The number of carbonyl (C=O) groups excluding carboxylic acids is 1. The fraction of sp³-hybridized carbons (Fsp3) is 0.118. The fourth-order valence-corrected chi connectivity index (χ4v) is 2.23. The van der Waals surface area contributed by atoms with Crippen molar-refractivity contribution in [2.45, 2.75) is 6.42 Å². The highest BCUT2D eigenvalue weighted by molar-refractivity contribution is 6.02. The predicted molar refractivity (Wildman–Crippen MR) is 84.6 cm³/mol. The molecule has 3 aromatic rings. The molecule has 1 aromatic carbocycles. The van der Waals surface area contributed by atoms with E-state index in [1.807, 2.05) is 36.4 Å². The van der Waals surface area contributed by atoms with Crippen LogP contribution in [0.2, 0.25) is 0 Å². The summed E-state index contributed by atoms with van der Waals surface area (Å²) in [5.74, 6) is -0.165. The molecule has 2 aromatic heterocycles. The molecule has 22 heavy (non-hydrogen) atoms. The summed E-state index contributed by atoms with van der Waals surface area (Å²) in [7, 11) is 1.74. The molecule has 0 unspecified atom stereocenters. The van der Waals surface area contributed by atoms with Gasteiger partial charge in [-0.05, 0) is 47.9 Å². The average molecular weight is 292 g/mol. The molecule has 5 nitrogen and oxygen atoms in total. The third kappa shape index (κ3) is 3.20. The highest BCUT2D eigenvalue weighted by Gasteiger charge is 2.09. The zero-order chi connectivity index (χ0) is 15.4. The Morgan fingerprint density at radius 1 is 1.00 bits per heavy atom. The van der Waals surface area contributed by atoms with Crippen molar-refractivity contribution in [3.8, 4) is 0 Å². The number of carbonyl (C=O) groups is 1. The van der Waals surface area contributed by atoms with Gasteiger partial charge < -0.3 is 5.32 Å². The summed E-state index contributed by atoms with van der Waals surface area (Å²) >= 11 is 0. The van der Waals surface area contributed by atoms with Gasteiger partial charge in [0, 0.05) is 31.3 Å². The van der Waals surface area contributed by atoms with Crippen LogP contribution in [-0.4, -0.2) is 20.7 Å². The van der Waals surface area contributed by atoms with E-state index in [0.717, 1.165) is 12.1 Å². The molecule has 0 atom stereocenters. The minimum Gasteiger partial charge on any atom is -0.321 e. The van der Waals surface area contributed by atoms with Crippen LogP contribution in [0.3, 0.4) is 0 Å². The molecule has 5 heteroatoms. The van der Waals surface area contributed by atoms with E-state index >= 15 is 0 Å². The van der Waals surface area contributed by atoms with Crippen LogP contribution in [0.25, 0.3) is 0 Å². The monoisotopic (exact) mass is 292 g/mol. The molecule has 0 spiro atoms. The van der Waals surface area contributed by atoms with Gasteiger partial charge in [0.1, 0.15) is 5.69 Å². The van der Waals surface area contributed by atoms with Gasteiger partial charge in [-0.25, -0.2) is 0 Å². The van der Waals surface area contributed by atoms with Crippen molar-refractivity contribution < 1.29 is 4.79 Å². The van der Waals surface area contributed by atoms with Crippen molar-refractivity contribution in [3.63, 3.8) is 0 Å². The van der Waals surface area contributed by atoms with E-state index in [-0.39, 0.29) is 5.91 Å². The number of rotatable bonds is 4. The van der Waals surface area contributed by atoms with Gasteiger partial charge in [-0.3, -0.25) is 14.5 Å². The molecule has 2 heterocycles. The van der Waals surface area contributed by atoms with Crippen molar-refractivity contribution in [2.75, 3.05) is 5.32 Å². The second kappa shape index (κ2) is 6.22. The number of benzene rings is 1. The maximum Gasteiger partial charge on any atom is 0.273 e. The van der Waals surface area contributed by atoms with E-state index in [9.17, 15) is 4.79 Å². The summed E-state index contributed by atoms with van der Waals surface area (Å²) in [4.78, 5) is 16.1. The van der Waals surface area contributed by atoms with Crippen LogP contribution in [-0.2, 0) is 13.5 Å². The molecule has 0 radical (unpaired) electrons. The Kier molecular flexibility index (Phi) is 3.96. The minimum absolute atomic E-state index is 0.165. The highest BCUT2D eigenvalue weighted by atomic mass is 16.2. The molecule has 0 saturated heterocycles. The van der Waals surface area contributed by atoms with Crippen LogP contribution in [0.5, 0.6) is 0 Å². The molecule has 0 aliphatic rings. The van der Waals surface area contributed by atoms with Gasteiger partial charge in [-0.15, -0.1) is 0 Å². The Morgan fingerprint density at radius 2 is 1.68 bits per heavy atom. The molecular weight excluding hydrogens is 276 g/mol. The van der Waals surface area contributed by atoms with Crippen LogP contribution in [0, 0.1) is 0 Å². The number of aryl methyl sites for hydroxylation is 1. The third-order valence-electron chi connectivity index (χ3n) is 3.42. The molecule has 1 amide bonds. The van der Waals surface area contributed by atoms with Crippen LogP contribution < -0.4 is 5.32 Å². The second-order valence-electron chi connectivity index (χ2n) is 5.02. The first-order chi connectivity index (χ1) is 10.7. The number of hydrogen-bond acceptors (Lipinski definition) is 3. The largest absolute Gasteiger partial charge is 0.321 e. The maximum absolute atomic E-state index is 12.1. The molecule has 3 rings (SSSR count). The summed E-state index contributed by atoms with van der Waals surface area (Å²) in [5, 5.41) is 6.86. The molecule has 0 aliphatic heterocycles. The van der Waals surface area contributed by atoms with E-state index in [4.69, 9.17) is 0 Å². The summed E-state index contributed by atoms with van der Waals surface area (Å²) in [6, 6.07) is 13.5. The van der Waals surface area contributed by atoms with Crippen LogP contribution in [0.4, 0.5) is 5.69 Å². The quantitative estimate of drug-likeness (QED) is 0.804. The van der Waals surface area contributed by atoms with E-state index < -0.39 is 0 Å². The normalized spacial score (nSPS) is 10.4. The number of aromatic nitrogens is 3. The van der Waals surface area contributed by atoms with Crippen LogP contribution in [0.15, 0.2) is 61.1 Å². The lowest BCUT2D eigenvalue weighted by molar-refractivity contribution is 0.101. The third-order valence-corrected chi connectivity index (χ3v) is 3.42. The van der Waals surface area contributed by atoms with Gasteiger partial charge in [0.2, 0.25) is 0 Å². The fourth-order valence-electron chi connectivity index (χ4n) is 2.23. The van der Waals surface area contributed by atoms with E-state index in [1.54, 1.807) is 36.4 Å².